The molecule has 0 saturated carbocycles. The summed E-state index contributed by atoms with van der Waals surface area (Å²) < 4.78 is 18.2. The Labute approximate surface area is 202 Å². The number of rotatable bonds is 7. The molecule has 0 aliphatic carbocycles. The first-order chi connectivity index (χ1) is 17.0. The highest BCUT2D eigenvalue weighted by atomic mass is 19.1. The zero-order chi connectivity index (χ0) is 24.4. The highest BCUT2D eigenvalue weighted by Gasteiger charge is 2.19. The lowest BCUT2D eigenvalue weighted by molar-refractivity contribution is 0.0953. The molecule has 9 heteroatoms. The summed E-state index contributed by atoms with van der Waals surface area (Å²) in [4.78, 5) is 25.6. The number of halogens is 1. The zero-order valence-electron chi connectivity index (χ0n) is 19.6. The van der Waals surface area contributed by atoms with Crippen LogP contribution in [0, 0.1) is 12.7 Å². The van der Waals surface area contributed by atoms with Gasteiger partial charge in [-0.25, -0.2) is 18.5 Å². The van der Waals surface area contributed by atoms with Crippen LogP contribution >= 0.6 is 0 Å². The highest BCUT2D eigenvalue weighted by molar-refractivity contribution is 5.99. The Bertz CT molecular complexity index is 1400. The van der Waals surface area contributed by atoms with Gasteiger partial charge in [0.05, 0.1) is 11.3 Å². The third kappa shape index (κ3) is 4.80. The van der Waals surface area contributed by atoms with E-state index < -0.39 is 0 Å². The molecule has 1 aliphatic rings. The number of nitrogens with zero attached hydrogens (tertiary/aromatic N) is 5. The predicted molar refractivity (Wildman–Crippen MR) is 130 cm³/mol. The molecular weight excluding hydrogens is 447 g/mol. The number of fused-ring (bicyclic) bond motifs is 1. The summed E-state index contributed by atoms with van der Waals surface area (Å²) in [6, 6.07) is 13.7. The normalized spacial score (nSPS) is 13.0. The van der Waals surface area contributed by atoms with E-state index in [4.69, 9.17) is 0 Å². The molecule has 35 heavy (non-hydrogen) atoms. The van der Waals surface area contributed by atoms with E-state index in [9.17, 15) is 14.0 Å². The number of aromatic nitrogens is 5. The predicted octanol–water partition coefficient (Wildman–Crippen LogP) is 3.50. The summed E-state index contributed by atoms with van der Waals surface area (Å²) in [6.07, 6.45) is 5.13. The molecular formula is C26H27FN6O2. The Hall–Kier alpha value is -4.01. The van der Waals surface area contributed by atoms with Gasteiger partial charge in [-0.3, -0.25) is 9.36 Å². The van der Waals surface area contributed by atoms with Crippen LogP contribution in [0.5, 0.6) is 0 Å². The van der Waals surface area contributed by atoms with Gasteiger partial charge in [-0.05, 0) is 50.5 Å². The van der Waals surface area contributed by atoms with E-state index in [0.29, 0.717) is 36.5 Å². The van der Waals surface area contributed by atoms with Crippen molar-refractivity contribution < 1.29 is 9.18 Å². The van der Waals surface area contributed by atoms with E-state index in [1.165, 1.54) is 16.8 Å². The molecule has 0 saturated heterocycles. The maximum absolute atomic E-state index is 13.4. The number of aryl methyl sites for hydroxylation is 3. The SMILES string of the molecule is Cc1ccc(-c2nn(-c3ccc(F)cc3)cc2C(=O)NCCCn2nc3n(c2=O)CCCC3)cc1. The zero-order valence-corrected chi connectivity index (χ0v) is 19.6. The summed E-state index contributed by atoms with van der Waals surface area (Å²) in [6.45, 7) is 3.56. The number of amides is 1. The van der Waals surface area contributed by atoms with Crippen LogP contribution in [0.15, 0.2) is 59.5 Å². The average Bonchev–Trinajstić information content (AvgIpc) is 3.45. The molecule has 0 fully saturated rings. The molecule has 0 spiro atoms. The number of carbonyl (C=O) groups excluding carboxylic acids is 1. The van der Waals surface area contributed by atoms with Crippen molar-refractivity contribution in [2.24, 2.45) is 0 Å². The summed E-state index contributed by atoms with van der Waals surface area (Å²) in [7, 11) is 0. The molecule has 4 aromatic rings. The van der Waals surface area contributed by atoms with Gasteiger partial charge in [0.1, 0.15) is 17.3 Å². The van der Waals surface area contributed by atoms with Gasteiger partial charge in [-0.2, -0.15) is 10.2 Å². The molecule has 3 heterocycles. The largest absolute Gasteiger partial charge is 0.352 e. The molecule has 0 atom stereocenters. The summed E-state index contributed by atoms with van der Waals surface area (Å²) >= 11 is 0. The second-order valence-electron chi connectivity index (χ2n) is 8.82. The van der Waals surface area contributed by atoms with Crippen molar-refractivity contribution in [1.82, 2.24) is 29.4 Å². The summed E-state index contributed by atoms with van der Waals surface area (Å²) in [5, 5.41) is 12.0. The minimum absolute atomic E-state index is 0.0757. The van der Waals surface area contributed by atoms with Crippen LogP contribution in [0.2, 0.25) is 0 Å². The minimum Gasteiger partial charge on any atom is -0.352 e. The maximum Gasteiger partial charge on any atom is 0.345 e. The molecule has 0 unspecified atom stereocenters. The first-order valence-electron chi connectivity index (χ1n) is 11.9. The molecule has 180 valence electrons. The second kappa shape index (κ2) is 9.69. The Morgan fingerprint density at radius 2 is 1.83 bits per heavy atom. The van der Waals surface area contributed by atoms with Crippen LogP contribution < -0.4 is 11.0 Å². The van der Waals surface area contributed by atoms with Crippen molar-refractivity contribution in [3.8, 4) is 16.9 Å². The topological polar surface area (TPSA) is 86.7 Å². The number of carbonyl (C=O) groups is 1. The number of nitrogens with one attached hydrogen (secondary N) is 1. The standard InChI is InChI=1S/C26H27FN6O2/c1-18-6-8-19(9-7-18)24-22(17-33(30-24)21-12-10-20(27)11-13-21)25(34)28-14-4-16-32-26(35)31-15-3-2-5-23(31)29-32/h6-13,17H,2-5,14-16H2,1H3,(H,28,34). The van der Waals surface area contributed by atoms with Crippen molar-refractivity contribution in [3.63, 3.8) is 0 Å². The lowest BCUT2D eigenvalue weighted by Crippen LogP contribution is -2.29. The molecule has 1 amide bonds. The van der Waals surface area contributed by atoms with Gasteiger partial charge in [0.25, 0.3) is 5.91 Å². The summed E-state index contributed by atoms with van der Waals surface area (Å²) in [5.41, 5.74) is 3.47. The van der Waals surface area contributed by atoms with E-state index in [1.54, 1.807) is 27.6 Å². The molecule has 0 radical (unpaired) electrons. The molecule has 1 N–H and O–H groups in total. The monoisotopic (exact) mass is 474 g/mol. The fourth-order valence-electron chi connectivity index (χ4n) is 4.31. The number of hydrogen-bond donors (Lipinski definition) is 1. The number of benzene rings is 2. The summed E-state index contributed by atoms with van der Waals surface area (Å²) in [5.74, 6) is 0.252. The third-order valence-electron chi connectivity index (χ3n) is 6.24. The van der Waals surface area contributed by atoms with Gasteiger partial charge in [-0.1, -0.05) is 29.8 Å². The van der Waals surface area contributed by atoms with Crippen LogP contribution in [0.1, 0.15) is 41.0 Å². The van der Waals surface area contributed by atoms with E-state index in [2.05, 4.69) is 15.5 Å². The molecule has 5 rings (SSSR count). The van der Waals surface area contributed by atoms with E-state index in [0.717, 1.165) is 42.8 Å². The fraction of sp³-hybridized carbons (Fsp3) is 0.308. The average molecular weight is 475 g/mol. The molecule has 1 aliphatic heterocycles. The number of hydrogen-bond acceptors (Lipinski definition) is 4. The quantitative estimate of drug-likeness (QED) is 0.416. The minimum atomic E-state index is -0.338. The smallest absolute Gasteiger partial charge is 0.345 e. The van der Waals surface area contributed by atoms with Crippen molar-refractivity contribution in [2.75, 3.05) is 6.54 Å². The Morgan fingerprint density at radius 3 is 2.57 bits per heavy atom. The second-order valence-corrected chi connectivity index (χ2v) is 8.82. The van der Waals surface area contributed by atoms with Crippen molar-refractivity contribution in [3.05, 3.63) is 88.0 Å². The maximum atomic E-state index is 13.4. The Balaban J connectivity index is 1.31. The van der Waals surface area contributed by atoms with Gasteiger partial charge in [0, 0.05) is 37.8 Å². The van der Waals surface area contributed by atoms with Crippen molar-refractivity contribution >= 4 is 5.91 Å². The van der Waals surface area contributed by atoms with Crippen molar-refractivity contribution in [1.29, 1.82) is 0 Å². The third-order valence-corrected chi connectivity index (χ3v) is 6.24. The molecule has 2 aromatic heterocycles. The van der Waals surface area contributed by atoms with Gasteiger partial charge in [-0.15, -0.1) is 0 Å². The van der Waals surface area contributed by atoms with E-state index >= 15 is 0 Å². The van der Waals surface area contributed by atoms with Crippen LogP contribution in [0.3, 0.4) is 0 Å². The fourth-order valence-corrected chi connectivity index (χ4v) is 4.31. The molecule has 2 aromatic carbocycles. The van der Waals surface area contributed by atoms with E-state index in [-0.39, 0.29) is 17.4 Å². The van der Waals surface area contributed by atoms with Gasteiger partial charge < -0.3 is 5.32 Å². The van der Waals surface area contributed by atoms with E-state index in [1.807, 2.05) is 31.2 Å². The van der Waals surface area contributed by atoms with Crippen LogP contribution in [0.25, 0.3) is 16.9 Å². The first-order valence-corrected chi connectivity index (χ1v) is 11.9. The first kappa shape index (κ1) is 22.8. The highest BCUT2D eigenvalue weighted by Crippen LogP contribution is 2.24. The Kier molecular flexibility index (Phi) is 6.31. The van der Waals surface area contributed by atoms with Crippen LogP contribution in [-0.2, 0) is 19.5 Å². The van der Waals surface area contributed by atoms with Crippen LogP contribution in [-0.4, -0.2) is 36.6 Å². The van der Waals surface area contributed by atoms with Gasteiger partial charge in [0.15, 0.2) is 0 Å². The molecule has 0 bridgehead atoms. The van der Waals surface area contributed by atoms with Crippen molar-refractivity contribution in [2.45, 2.75) is 45.7 Å². The Morgan fingerprint density at radius 1 is 1.06 bits per heavy atom. The van der Waals surface area contributed by atoms with Gasteiger partial charge >= 0.3 is 5.69 Å². The lowest BCUT2D eigenvalue weighted by atomic mass is 10.1. The van der Waals surface area contributed by atoms with Crippen LogP contribution in [0.4, 0.5) is 4.39 Å². The lowest BCUT2D eigenvalue weighted by Gasteiger charge is -2.09. The van der Waals surface area contributed by atoms with Gasteiger partial charge in [0.2, 0.25) is 0 Å². The molecule has 8 nitrogen and oxygen atoms in total.